The molecule has 0 saturated heterocycles. The highest BCUT2D eigenvalue weighted by molar-refractivity contribution is 5.83. The summed E-state index contributed by atoms with van der Waals surface area (Å²) in [6, 6.07) is 6.08. The fourth-order valence-electron chi connectivity index (χ4n) is 2.76. The normalized spacial score (nSPS) is 12.0. The minimum Gasteiger partial charge on any atom is -0.395 e. The van der Waals surface area contributed by atoms with Crippen molar-refractivity contribution < 1.29 is 5.11 Å². The lowest BCUT2D eigenvalue weighted by atomic mass is 10.1. The van der Waals surface area contributed by atoms with Crippen LogP contribution in [0.4, 0.5) is 5.82 Å². The average Bonchev–Trinajstić information content (AvgIpc) is 3.30. The fourth-order valence-corrected chi connectivity index (χ4v) is 2.76. The van der Waals surface area contributed by atoms with Gasteiger partial charge in [-0.2, -0.15) is 5.10 Å². The van der Waals surface area contributed by atoms with Crippen molar-refractivity contribution in [2.45, 2.75) is 6.92 Å². The molecule has 4 N–H and O–H groups in total. The number of aliphatic hydroxyl groups excluding tert-OH is 1. The van der Waals surface area contributed by atoms with Crippen LogP contribution in [-0.2, 0) is 0 Å². The third-order valence-corrected chi connectivity index (χ3v) is 4.00. The summed E-state index contributed by atoms with van der Waals surface area (Å²) < 4.78 is 1.94. The number of rotatable bonds is 6. The van der Waals surface area contributed by atoms with Crippen molar-refractivity contribution in [1.29, 1.82) is 0 Å². The molecule has 8 nitrogen and oxygen atoms in total. The maximum atomic E-state index is 8.86. The van der Waals surface area contributed by atoms with Gasteiger partial charge < -0.3 is 20.1 Å². The molecule has 132 valence electrons. The number of H-pyrrole nitrogens is 1. The van der Waals surface area contributed by atoms with E-state index in [1.807, 2.05) is 41.9 Å². The summed E-state index contributed by atoms with van der Waals surface area (Å²) >= 11 is 0. The Balaban J connectivity index is 1.73. The lowest BCUT2D eigenvalue weighted by Gasteiger charge is -2.11. The molecule has 0 aliphatic heterocycles. The summed E-state index contributed by atoms with van der Waals surface area (Å²) in [5, 5.41) is 23.3. The van der Waals surface area contributed by atoms with Crippen LogP contribution in [0.15, 0.2) is 54.9 Å². The summed E-state index contributed by atoms with van der Waals surface area (Å²) in [6.07, 6.45) is 9.19. The Hall–Kier alpha value is -3.39. The van der Waals surface area contributed by atoms with Gasteiger partial charge in [-0.15, -0.1) is 0 Å². The Kier molecular flexibility index (Phi) is 4.24. The van der Waals surface area contributed by atoms with E-state index >= 15 is 0 Å². The zero-order valence-electron chi connectivity index (χ0n) is 14.3. The molecule has 0 spiro atoms. The number of fused-ring (bicyclic) bond motifs is 2. The molecule has 0 aliphatic carbocycles. The van der Waals surface area contributed by atoms with Gasteiger partial charge in [0.2, 0.25) is 0 Å². The van der Waals surface area contributed by atoms with Gasteiger partial charge in [0.05, 0.1) is 24.0 Å². The second-order valence-corrected chi connectivity index (χ2v) is 5.93. The van der Waals surface area contributed by atoms with Gasteiger partial charge in [0.25, 0.3) is 0 Å². The number of aromatic amines is 1. The first-order valence-electron chi connectivity index (χ1n) is 8.30. The maximum absolute atomic E-state index is 8.86. The fraction of sp³-hybridized carbons (Fsp3) is 0.167. The van der Waals surface area contributed by atoms with Crippen LogP contribution in [-0.4, -0.2) is 42.8 Å². The number of benzene rings is 1. The number of nitrogens with one attached hydrogen (secondary N) is 3. The molecule has 0 atom stereocenters. The number of allylic oxidation sites excluding steroid dienone is 1. The number of nitrogens with zero attached hydrogens (tertiary/aromatic N) is 4. The molecule has 1 aromatic carbocycles. The second-order valence-electron chi connectivity index (χ2n) is 5.93. The molecule has 4 aromatic rings. The first kappa shape index (κ1) is 16.1. The number of aromatic nitrogens is 5. The first-order chi connectivity index (χ1) is 12.7. The van der Waals surface area contributed by atoms with E-state index in [1.165, 1.54) is 0 Å². The van der Waals surface area contributed by atoms with Crippen LogP contribution in [0, 0.1) is 0 Å². The van der Waals surface area contributed by atoms with Gasteiger partial charge in [-0.1, -0.05) is 12.1 Å². The predicted molar refractivity (Wildman–Crippen MR) is 101 cm³/mol. The second kappa shape index (κ2) is 6.85. The Morgan fingerprint density at radius 1 is 1.38 bits per heavy atom. The van der Waals surface area contributed by atoms with Crippen molar-refractivity contribution in [3.05, 3.63) is 54.9 Å². The number of aliphatic hydroxyl groups is 1. The molecule has 3 heterocycles. The summed E-state index contributed by atoms with van der Waals surface area (Å²) in [4.78, 5) is 9.13. The SMILES string of the molecule is C/C(=C\NCCO)Nc1nc(-c2ccc3cn[nH]c3c2)cn2ccnc12. The van der Waals surface area contributed by atoms with Gasteiger partial charge in [-0.25, -0.2) is 9.97 Å². The van der Waals surface area contributed by atoms with Crippen LogP contribution in [0.3, 0.4) is 0 Å². The van der Waals surface area contributed by atoms with E-state index in [0.717, 1.165) is 33.5 Å². The van der Waals surface area contributed by atoms with Crippen molar-refractivity contribution in [3.63, 3.8) is 0 Å². The molecule has 0 aliphatic rings. The van der Waals surface area contributed by atoms with E-state index in [0.29, 0.717) is 12.4 Å². The minimum atomic E-state index is 0.0814. The highest BCUT2D eigenvalue weighted by atomic mass is 16.3. The van der Waals surface area contributed by atoms with Crippen LogP contribution < -0.4 is 10.6 Å². The van der Waals surface area contributed by atoms with Crippen molar-refractivity contribution in [2.75, 3.05) is 18.5 Å². The smallest absolute Gasteiger partial charge is 0.180 e. The zero-order chi connectivity index (χ0) is 17.9. The van der Waals surface area contributed by atoms with Gasteiger partial charge in [0.15, 0.2) is 11.5 Å². The Morgan fingerprint density at radius 2 is 2.31 bits per heavy atom. The molecular formula is C18H19N7O. The molecule has 0 fully saturated rings. The number of hydrogen-bond acceptors (Lipinski definition) is 6. The molecule has 0 saturated carbocycles. The van der Waals surface area contributed by atoms with Gasteiger partial charge in [0.1, 0.15) is 0 Å². The highest BCUT2D eigenvalue weighted by Gasteiger charge is 2.10. The Labute approximate surface area is 149 Å². The summed E-state index contributed by atoms with van der Waals surface area (Å²) in [5.41, 5.74) is 4.39. The van der Waals surface area contributed by atoms with Gasteiger partial charge in [-0.05, 0) is 13.0 Å². The molecule has 3 aromatic heterocycles. The predicted octanol–water partition coefficient (Wildman–Crippen LogP) is 2.13. The molecule has 4 rings (SSSR count). The Bertz CT molecular complexity index is 1080. The summed E-state index contributed by atoms with van der Waals surface area (Å²) in [5.74, 6) is 0.664. The molecule has 26 heavy (non-hydrogen) atoms. The minimum absolute atomic E-state index is 0.0814. The van der Waals surface area contributed by atoms with Gasteiger partial charge >= 0.3 is 0 Å². The first-order valence-corrected chi connectivity index (χ1v) is 8.30. The van der Waals surface area contributed by atoms with E-state index in [-0.39, 0.29) is 6.61 Å². The highest BCUT2D eigenvalue weighted by Crippen LogP contribution is 2.25. The summed E-state index contributed by atoms with van der Waals surface area (Å²) in [6.45, 7) is 2.50. The van der Waals surface area contributed by atoms with Gasteiger partial charge in [-0.3, -0.25) is 5.10 Å². The maximum Gasteiger partial charge on any atom is 0.180 e. The van der Waals surface area contributed by atoms with Crippen molar-refractivity contribution in [1.82, 2.24) is 29.9 Å². The number of imidazole rings is 1. The average molecular weight is 349 g/mol. The monoisotopic (exact) mass is 349 g/mol. The van der Waals surface area contributed by atoms with E-state index in [1.54, 1.807) is 18.6 Å². The lowest BCUT2D eigenvalue weighted by Crippen LogP contribution is -2.13. The number of anilines is 1. The molecule has 0 bridgehead atoms. The van der Waals surface area contributed by atoms with Crippen molar-refractivity contribution >= 4 is 22.4 Å². The van der Waals surface area contributed by atoms with E-state index in [2.05, 4.69) is 25.8 Å². The van der Waals surface area contributed by atoms with Crippen LogP contribution in [0.5, 0.6) is 0 Å². The molecule has 0 unspecified atom stereocenters. The quantitative estimate of drug-likeness (QED) is 0.398. The van der Waals surface area contributed by atoms with Crippen molar-refractivity contribution in [3.8, 4) is 11.3 Å². The van der Waals surface area contributed by atoms with E-state index < -0.39 is 0 Å². The molecular weight excluding hydrogens is 330 g/mol. The topological polar surface area (TPSA) is 103 Å². The van der Waals surface area contributed by atoms with E-state index in [9.17, 15) is 0 Å². The van der Waals surface area contributed by atoms with E-state index in [4.69, 9.17) is 10.1 Å². The Morgan fingerprint density at radius 3 is 3.19 bits per heavy atom. The third kappa shape index (κ3) is 3.09. The molecule has 0 amide bonds. The van der Waals surface area contributed by atoms with Crippen LogP contribution >= 0.6 is 0 Å². The summed E-state index contributed by atoms with van der Waals surface area (Å²) in [7, 11) is 0. The molecule has 0 radical (unpaired) electrons. The third-order valence-electron chi connectivity index (χ3n) is 4.00. The van der Waals surface area contributed by atoms with Crippen LogP contribution in [0.1, 0.15) is 6.92 Å². The zero-order valence-corrected chi connectivity index (χ0v) is 14.3. The van der Waals surface area contributed by atoms with Crippen LogP contribution in [0.2, 0.25) is 0 Å². The van der Waals surface area contributed by atoms with Crippen LogP contribution in [0.25, 0.3) is 27.8 Å². The standard InChI is InChI=1S/C18H19N7O/c1-12(9-19-5-7-26)22-17-18-20-4-6-25(18)11-16(23-17)13-2-3-14-10-21-24-15(14)8-13/h2-4,6,8-11,19,26H,5,7H2,1H3,(H,21,24)(H,22,23)/b12-9+. The molecule has 8 heteroatoms. The van der Waals surface area contributed by atoms with Crippen molar-refractivity contribution in [2.24, 2.45) is 0 Å². The number of hydrogen-bond donors (Lipinski definition) is 4. The largest absolute Gasteiger partial charge is 0.395 e. The lowest BCUT2D eigenvalue weighted by molar-refractivity contribution is 0.298. The van der Waals surface area contributed by atoms with Gasteiger partial charge in [0, 0.05) is 48.0 Å².